The lowest BCUT2D eigenvalue weighted by molar-refractivity contribution is 0.0733. The number of aromatic nitrogens is 5. The number of hydrogen-bond donors (Lipinski definition) is 0. The van der Waals surface area contributed by atoms with Crippen LogP contribution in [0.15, 0.2) is 64.8 Å². The Hall–Kier alpha value is -4.14. The molecule has 0 aliphatic heterocycles. The van der Waals surface area contributed by atoms with Crippen LogP contribution in [0.1, 0.15) is 48.0 Å². The Labute approximate surface area is 184 Å². The van der Waals surface area contributed by atoms with Gasteiger partial charge in [0.15, 0.2) is 0 Å². The Morgan fingerprint density at radius 2 is 1.81 bits per heavy atom. The van der Waals surface area contributed by atoms with Crippen molar-refractivity contribution >= 4 is 18.0 Å². The van der Waals surface area contributed by atoms with E-state index in [4.69, 9.17) is 4.74 Å². The Kier molecular flexibility index (Phi) is 5.40. The standard InChI is InChI=1S/C23H22N6O3/c1-15-9-5-7-11-17(15)21(31)32-18-12-8-6-10-16(18)13-25-29-20(30)19(23(2,3)4)27-28-14-24-26-22(28)29/h5-14H,1-4H3/b25-13+. The van der Waals surface area contributed by atoms with Crippen LogP contribution in [0.4, 0.5) is 0 Å². The second kappa shape index (κ2) is 8.18. The van der Waals surface area contributed by atoms with Gasteiger partial charge in [-0.15, -0.1) is 10.2 Å². The summed E-state index contributed by atoms with van der Waals surface area (Å²) in [6, 6.07) is 14.1. The van der Waals surface area contributed by atoms with Gasteiger partial charge in [-0.3, -0.25) is 4.79 Å². The van der Waals surface area contributed by atoms with Crippen LogP contribution in [-0.4, -0.2) is 36.7 Å². The van der Waals surface area contributed by atoms with E-state index in [-0.39, 0.29) is 5.78 Å². The summed E-state index contributed by atoms with van der Waals surface area (Å²) in [7, 11) is 0. The molecule has 0 saturated heterocycles. The first-order valence-corrected chi connectivity index (χ1v) is 10.0. The largest absolute Gasteiger partial charge is 0.422 e. The van der Waals surface area contributed by atoms with Gasteiger partial charge in [0.25, 0.3) is 11.3 Å². The lowest BCUT2D eigenvalue weighted by atomic mass is 9.93. The third-order valence-electron chi connectivity index (χ3n) is 4.81. The van der Waals surface area contributed by atoms with Crippen molar-refractivity contribution in [3.8, 4) is 5.75 Å². The molecular weight excluding hydrogens is 408 g/mol. The third-order valence-corrected chi connectivity index (χ3v) is 4.81. The molecule has 162 valence electrons. The Bertz CT molecular complexity index is 1390. The summed E-state index contributed by atoms with van der Waals surface area (Å²) >= 11 is 0. The van der Waals surface area contributed by atoms with Crippen molar-refractivity contribution < 1.29 is 9.53 Å². The number of carbonyl (C=O) groups is 1. The number of aryl methyl sites for hydroxylation is 1. The molecule has 32 heavy (non-hydrogen) atoms. The topological polar surface area (TPSA) is 104 Å². The van der Waals surface area contributed by atoms with Crippen molar-refractivity contribution in [1.29, 1.82) is 0 Å². The molecule has 9 heteroatoms. The minimum absolute atomic E-state index is 0.175. The van der Waals surface area contributed by atoms with Gasteiger partial charge in [-0.2, -0.15) is 19.4 Å². The van der Waals surface area contributed by atoms with Crippen LogP contribution in [0.5, 0.6) is 5.75 Å². The number of para-hydroxylation sites is 1. The molecular formula is C23H22N6O3. The van der Waals surface area contributed by atoms with E-state index in [1.807, 2.05) is 39.8 Å². The van der Waals surface area contributed by atoms with Gasteiger partial charge in [-0.25, -0.2) is 4.79 Å². The van der Waals surface area contributed by atoms with Crippen LogP contribution < -0.4 is 10.3 Å². The Morgan fingerprint density at radius 1 is 1.09 bits per heavy atom. The fourth-order valence-corrected chi connectivity index (χ4v) is 3.11. The molecule has 0 amide bonds. The number of ether oxygens (including phenoxy) is 1. The van der Waals surface area contributed by atoms with Crippen molar-refractivity contribution in [3.05, 3.63) is 87.6 Å². The Balaban J connectivity index is 1.73. The molecule has 0 saturated carbocycles. The minimum atomic E-state index is -0.506. The number of fused-ring (bicyclic) bond motifs is 1. The molecule has 4 aromatic rings. The summed E-state index contributed by atoms with van der Waals surface area (Å²) in [6.45, 7) is 7.51. The van der Waals surface area contributed by atoms with E-state index < -0.39 is 16.9 Å². The highest BCUT2D eigenvalue weighted by Gasteiger charge is 2.24. The Morgan fingerprint density at radius 3 is 2.56 bits per heavy atom. The molecule has 0 aliphatic carbocycles. The number of nitrogens with zero attached hydrogens (tertiary/aromatic N) is 6. The number of benzene rings is 2. The van der Waals surface area contributed by atoms with E-state index >= 15 is 0 Å². The van der Waals surface area contributed by atoms with Gasteiger partial charge in [0, 0.05) is 11.0 Å². The predicted octanol–water partition coefficient (Wildman–Crippen LogP) is 2.99. The summed E-state index contributed by atoms with van der Waals surface area (Å²) in [6.07, 6.45) is 2.86. The maximum absolute atomic E-state index is 13.1. The van der Waals surface area contributed by atoms with Crippen LogP contribution >= 0.6 is 0 Å². The average molecular weight is 430 g/mol. The smallest absolute Gasteiger partial charge is 0.343 e. The summed E-state index contributed by atoms with van der Waals surface area (Å²) in [4.78, 5) is 25.7. The predicted molar refractivity (Wildman–Crippen MR) is 119 cm³/mol. The number of hydrogen-bond acceptors (Lipinski definition) is 7. The molecule has 0 aliphatic rings. The first-order valence-electron chi connectivity index (χ1n) is 10.0. The van der Waals surface area contributed by atoms with Gasteiger partial charge < -0.3 is 4.74 Å². The lowest BCUT2D eigenvalue weighted by Gasteiger charge is -2.16. The zero-order chi connectivity index (χ0) is 22.9. The van der Waals surface area contributed by atoms with E-state index in [2.05, 4.69) is 20.4 Å². The van der Waals surface area contributed by atoms with E-state index in [1.165, 1.54) is 17.1 Å². The summed E-state index contributed by atoms with van der Waals surface area (Å²) in [5.74, 6) is 0.0219. The molecule has 0 spiro atoms. The van der Waals surface area contributed by atoms with Gasteiger partial charge >= 0.3 is 5.97 Å². The van der Waals surface area contributed by atoms with Crippen LogP contribution in [0.25, 0.3) is 5.78 Å². The van der Waals surface area contributed by atoms with Crippen LogP contribution in [0, 0.1) is 6.92 Å². The highest BCUT2D eigenvalue weighted by atomic mass is 16.5. The van der Waals surface area contributed by atoms with E-state index in [0.29, 0.717) is 22.6 Å². The normalized spacial score (nSPS) is 11.9. The number of carbonyl (C=O) groups excluding carboxylic acids is 1. The number of esters is 1. The molecule has 2 aromatic heterocycles. The second-order valence-electron chi connectivity index (χ2n) is 8.28. The highest BCUT2D eigenvalue weighted by Crippen LogP contribution is 2.20. The molecule has 0 bridgehead atoms. The van der Waals surface area contributed by atoms with Gasteiger partial charge in [-0.05, 0) is 30.7 Å². The maximum atomic E-state index is 13.1. The van der Waals surface area contributed by atoms with Crippen molar-refractivity contribution in [3.63, 3.8) is 0 Å². The van der Waals surface area contributed by atoms with Crippen molar-refractivity contribution in [1.82, 2.24) is 24.5 Å². The summed E-state index contributed by atoms with van der Waals surface area (Å²) < 4.78 is 8.16. The molecule has 0 radical (unpaired) electrons. The van der Waals surface area contributed by atoms with Crippen molar-refractivity contribution in [2.75, 3.05) is 0 Å². The summed E-state index contributed by atoms with van der Waals surface area (Å²) in [5, 5.41) is 16.4. The van der Waals surface area contributed by atoms with Gasteiger partial charge in [0.1, 0.15) is 17.8 Å². The fourth-order valence-electron chi connectivity index (χ4n) is 3.11. The minimum Gasteiger partial charge on any atom is -0.422 e. The van der Waals surface area contributed by atoms with E-state index in [0.717, 1.165) is 10.2 Å². The lowest BCUT2D eigenvalue weighted by Crippen LogP contribution is -2.33. The SMILES string of the molecule is Cc1ccccc1C(=O)Oc1ccccc1/C=N/n1c(=O)c(C(C)(C)C)nn2cnnc12. The number of rotatable bonds is 4. The van der Waals surface area contributed by atoms with Gasteiger partial charge in [0.05, 0.1) is 11.8 Å². The molecule has 4 rings (SSSR count). The highest BCUT2D eigenvalue weighted by molar-refractivity contribution is 5.94. The van der Waals surface area contributed by atoms with E-state index in [1.54, 1.807) is 36.4 Å². The second-order valence-corrected chi connectivity index (χ2v) is 8.28. The monoisotopic (exact) mass is 430 g/mol. The molecule has 2 aromatic carbocycles. The molecule has 0 atom stereocenters. The first-order chi connectivity index (χ1) is 15.3. The van der Waals surface area contributed by atoms with Crippen molar-refractivity contribution in [2.24, 2.45) is 5.10 Å². The quantitative estimate of drug-likeness (QED) is 0.280. The molecule has 0 N–H and O–H groups in total. The average Bonchev–Trinajstić information content (AvgIpc) is 3.21. The van der Waals surface area contributed by atoms with Gasteiger partial charge in [-0.1, -0.05) is 51.1 Å². The van der Waals surface area contributed by atoms with Crippen LogP contribution in [0.3, 0.4) is 0 Å². The zero-order valence-corrected chi connectivity index (χ0v) is 18.2. The molecule has 2 heterocycles. The molecule has 0 unspecified atom stereocenters. The molecule has 9 nitrogen and oxygen atoms in total. The van der Waals surface area contributed by atoms with E-state index in [9.17, 15) is 9.59 Å². The van der Waals surface area contributed by atoms with Crippen LogP contribution in [0.2, 0.25) is 0 Å². The van der Waals surface area contributed by atoms with Gasteiger partial charge in [0.2, 0.25) is 0 Å². The maximum Gasteiger partial charge on any atom is 0.343 e. The third kappa shape index (κ3) is 4.04. The van der Waals surface area contributed by atoms with Crippen molar-refractivity contribution in [2.45, 2.75) is 33.1 Å². The van der Waals surface area contributed by atoms with Crippen LogP contribution in [-0.2, 0) is 5.41 Å². The fraction of sp³-hybridized carbons (Fsp3) is 0.217. The zero-order valence-electron chi connectivity index (χ0n) is 18.2. The molecule has 0 fully saturated rings. The first kappa shape index (κ1) is 21.1. The summed E-state index contributed by atoms with van der Waals surface area (Å²) in [5.41, 5.74) is 1.23.